The van der Waals surface area contributed by atoms with E-state index in [-0.39, 0.29) is 23.5 Å². The Hall–Kier alpha value is -3.48. The van der Waals surface area contributed by atoms with Crippen molar-refractivity contribution in [1.29, 1.82) is 0 Å². The van der Waals surface area contributed by atoms with Gasteiger partial charge in [0.15, 0.2) is 5.78 Å². The zero-order valence-corrected chi connectivity index (χ0v) is 19.1. The lowest BCUT2D eigenvalue weighted by Crippen LogP contribution is -2.52. The molecular formula is C27H28N2O5. The number of nitrogens with zero attached hydrogens (tertiary/aromatic N) is 2. The predicted molar refractivity (Wildman–Crippen MR) is 125 cm³/mol. The number of Topliss-reactive ketones (excluding diaryl/α,β-unsaturated/α-hetero) is 1. The first-order valence-corrected chi connectivity index (χ1v) is 12.0. The number of para-hydroxylation sites is 1. The number of imide groups is 1. The van der Waals surface area contributed by atoms with Gasteiger partial charge in [-0.05, 0) is 37.1 Å². The number of rotatable bonds is 6. The molecule has 7 nitrogen and oxygen atoms in total. The van der Waals surface area contributed by atoms with E-state index < -0.39 is 5.60 Å². The van der Waals surface area contributed by atoms with Crippen LogP contribution in [0, 0.1) is 0 Å². The number of carbonyl (C=O) groups excluding carboxylic acids is 4. The number of benzene rings is 2. The minimum absolute atomic E-state index is 0.109. The molecule has 2 aromatic carbocycles. The van der Waals surface area contributed by atoms with Gasteiger partial charge in [0.25, 0.3) is 11.8 Å². The molecule has 0 radical (unpaired) electrons. The van der Waals surface area contributed by atoms with Crippen molar-refractivity contribution in [1.82, 2.24) is 9.80 Å². The molecule has 0 saturated carbocycles. The standard InChI is InChI=1S/C27H28N2O5/c30-22-18-27(34-23-11-6-5-10-21(22)23)13-16-28(17-14-27)24(31)12-2-1-7-15-29-25(32)19-8-3-4-9-20(19)26(29)33/h3-6,8-11H,1-2,7,12-18H2. The molecule has 3 aliphatic rings. The molecule has 0 N–H and O–H groups in total. The number of carbonyl (C=O) groups is 4. The molecule has 34 heavy (non-hydrogen) atoms. The normalized spacial score (nSPS) is 18.6. The quantitative estimate of drug-likeness (QED) is 0.483. The van der Waals surface area contributed by atoms with Crippen LogP contribution in [-0.2, 0) is 4.79 Å². The van der Waals surface area contributed by atoms with E-state index in [9.17, 15) is 19.2 Å². The number of amides is 3. The van der Waals surface area contributed by atoms with Crippen LogP contribution in [-0.4, -0.2) is 58.5 Å². The lowest BCUT2D eigenvalue weighted by molar-refractivity contribution is -0.134. The van der Waals surface area contributed by atoms with Crippen LogP contribution in [0.4, 0.5) is 0 Å². The number of ether oxygens (including phenoxy) is 1. The van der Waals surface area contributed by atoms with Gasteiger partial charge in [-0.3, -0.25) is 24.1 Å². The fraction of sp³-hybridized carbons (Fsp3) is 0.407. The zero-order chi connectivity index (χ0) is 23.7. The van der Waals surface area contributed by atoms with Gasteiger partial charge in [0.1, 0.15) is 11.4 Å². The number of unbranched alkanes of at least 4 members (excludes halogenated alkanes) is 2. The Balaban J connectivity index is 1.05. The molecule has 0 atom stereocenters. The van der Waals surface area contributed by atoms with E-state index >= 15 is 0 Å². The second-order valence-corrected chi connectivity index (χ2v) is 9.38. The van der Waals surface area contributed by atoms with Gasteiger partial charge >= 0.3 is 0 Å². The van der Waals surface area contributed by atoms with Crippen LogP contribution in [0.1, 0.15) is 76.0 Å². The maximum Gasteiger partial charge on any atom is 0.261 e. The van der Waals surface area contributed by atoms with Crippen molar-refractivity contribution in [2.24, 2.45) is 0 Å². The van der Waals surface area contributed by atoms with Crippen molar-refractivity contribution in [3.8, 4) is 5.75 Å². The SMILES string of the molecule is O=C1CC2(CCN(C(=O)CCCCCN3C(=O)c4ccccc4C3=O)CC2)Oc2ccccc21. The zero-order valence-electron chi connectivity index (χ0n) is 19.1. The lowest BCUT2D eigenvalue weighted by atomic mass is 9.82. The van der Waals surface area contributed by atoms with E-state index in [4.69, 9.17) is 4.74 Å². The third-order valence-electron chi connectivity index (χ3n) is 7.17. The van der Waals surface area contributed by atoms with Crippen LogP contribution in [0.25, 0.3) is 0 Å². The molecule has 1 saturated heterocycles. The van der Waals surface area contributed by atoms with E-state index in [1.54, 1.807) is 30.3 Å². The van der Waals surface area contributed by atoms with Gasteiger partial charge in [0.2, 0.25) is 5.91 Å². The highest BCUT2D eigenvalue weighted by molar-refractivity contribution is 6.21. The summed E-state index contributed by atoms with van der Waals surface area (Å²) in [5, 5.41) is 0. The van der Waals surface area contributed by atoms with Crippen molar-refractivity contribution < 1.29 is 23.9 Å². The predicted octanol–water partition coefficient (Wildman–Crippen LogP) is 3.87. The Morgan fingerprint density at radius 2 is 1.44 bits per heavy atom. The monoisotopic (exact) mass is 460 g/mol. The Labute approximate surface area is 198 Å². The number of ketones is 1. The topological polar surface area (TPSA) is 84.0 Å². The van der Waals surface area contributed by atoms with Crippen molar-refractivity contribution >= 4 is 23.5 Å². The number of likely N-dealkylation sites (tertiary alicyclic amines) is 1. The van der Waals surface area contributed by atoms with E-state index in [1.165, 1.54) is 4.90 Å². The van der Waals surface area contributed by atoms with Crippen molar-refractivity contribution in [3.05, 3.63) is 65.2 Å². The number of fused-ring (bicyclic) bond motifs is 2. The summed E-state index contributed by atoms with van der Waals surface area (Å²) < 4.78 is 6.24. The first-order chi connectivity index (χ1) is 16.5. The molecule has 3 aliphatic heterocycles. The fourth-order valence-corrected chi connectivity index (χ4v) is 5.21. The number of hydrogen-bond donors (Lipinski definition) is 0. The third kappa shape index (κ3) is 4.11. The molecular weight excluding hydrogens is 432 g/mol. The molecule has 0 bridgehead atoms. The Kier molecular flexibility index (Phi) is 5.94. The largest absolute Gasteiger partial charge is 0.486 e. The van der Waals surface area contributed by atoms with Crippen LogP contribution < -0.4 is 4.74 Å². The molecule has 1 spiro atoms. The maximum absolute atomic E-state index is 12.7. The molecule has 0 unspecified atom stereocenters. The number of piperidine rings is 1. The molecule has 2 aromatic rings. The second-order valence-electron chi connectivity index (χ2n) is 9.38. The van der Waals surface area contributed by atoms with Crippen molar-refractivity contribution in [3.63, 3.8) is 0 Å². The second kappa shape index (κ2) is 9.05. The van der Waals surface area contributed by atoms with E-state index in [0.717, 1.165) is 6.42 Å². The first kappa shape index (κ1) is 22.3. The van der Waals surface area contributed by atoms with Gasteiger partial charge in [-0.2, -0.15) is 0 Å². The summed E-state index contributed by atoms with van der Waals surface area (Å²) in [5.41, 5.74) is 1.08. The number of hydrogen-bond acceptors (Lipinski definition) is 5. The summed E-state index contributed by atoms with van der Waals surface area (Å²) in [5.74, 6) is 0.407. The molecule has 3 amide bonds. The van der Waals surface area contributed by atoms with E-state index in [1.807, 2.05) is 23.1 Å². The van der Waals surface area contributed by atoms with Crippen molar-refractivity contribution in [2.75, 3.05) is 19.6 Å². The smallest absolute Gasteiger partial charge is 0.261 e. The summed E-state index contributed by atoms with van der Waals surface area (Å²) in [7, 11) is 0. The molecule has 3 heterocycles. The molecule has 0 aromatic heterocycles. The molecule has 1 fully saturated rings. The molecule has 5 rings (SSSR count). The van der Waals surface area contributed by atoms with Crippen LogP contribution >= 0.6 is 0 Å². The average Bonchev–Trinajstić information content (AvgIpc) is 3.09. The summed E-state index contributed by atoms with van der Waals surface area (Å²) in [6, 6.07) is 14.3. The van der Waals surface area contributed by atoms with Gasteiger partial charge in [0, 0.05) is 38.9 Å². The minimum atomic E-state index is -0.505. The molecule has 7 heteroatoms. The van der Waals surface area contributed by atoms with Crippen LogP contribution in [0.15, 0.2) is 48.5 Å². The lowest BCUT2D eigenvalue weighted by Gasteiger charge is -2.44. The van der Waals surface area contributed by atoms with Gasteiger partial charge in [-0.15, -0.1) is 0 Å². The highest BCUT2D eigenvalue weighted by Crippen LogP contribution is 2.39. The van der Waals surface area contributed by atoms with Crippen LogP contribution in [0.3, 0.4) is 0 Å². The first-order valence-electron chi connectivity index (χ1n) is 12.0. The van der Waals surface area contributed by atoms with E-state index in [2.05, 4.69) is 0 Å². The van der Waals surface area contributed by atoms with Crippen molar-refractivity contribution in [2.45, 2.75) is 50.5 Å². The summed E-state index contributed by atoms with van der Waals surface area (Å²) >= 11 is 0. The third-order valence-corrected chi connectivity index (χ3v) is 7.17. The molecule has 0 aliphatic carbocycles. The van der Waals surface area contributed by atoms with Gasteiger partial charge < -0.3 is 9.64 Å². The summed E-state index contributed by atoms with van der Waals surface area (Å²) in [4.78, 5) is 53.3. The molecule has 176 valence electrons. The fourth-order valence-electron chi connectivity index (χ4n) is 5.21. The maximum atomic E-state index is 12.7. The van der Waals surface area contributed by atoms with Gasteiger partial charge in [-0.1, -0.05) is 30.7 Å². The summed E-state index contributed by atoms with van der Waals surface area (Å²) in [6.07, 6.45) is 4.27. The summed E-state index contributed by atoms with van der Waals surface area (Å²) in [6.45, 7) is 1.55. The van der Waals surface area contributed by atoms with Crippen LogP contribution in [0.2, 0.25) is 0 Å². The Morgan fingerprint density at radius 3 is 2.12 bits per heavy atom. The van der Waals surface area contributed by atoms with Gasteiger partial charge in [-0.25, -0.2) is 0 Å². The average molecular weight is 461 g/mol. The van der Waals surface area contributed by atoms with E-state index in [0.29, 0.717) is 80.6 Å². The minimum Gasteiger partial charge on any atom is -0.486 e. The highest BCUT2D eigenvalue weighted by Gasteiger charge is 2.43. The Morgan fingerprint density at radius 1 is 0.824 bits per heavy atom. The van der Waals surface area contributed by atoms with Gasteiger partial charge in [0.05, 0.1) is 23.1 Å². The van der Waals surface area contributed by atoms with Crippen LogP contribution in [0.5, 0.6) is 5.75 Å². The Bertz CT molecular complexity index is 1110. The highest BCUT2D eigenvalue weighted by atomic mass is 16.5.